The fourth-order valence-corrected chi connectivity index (χ4v) is 1.97. The first-order valence-corrected chi connectivity index (χ1v) is 4.61. The minimum absolute atomic E-state index is 0.613. The van der Waals surface area contributed by atoms with E-state index >= 15 is 0 Å². The van der Waals surface area contributed by atoms with Gasteiger partial charge in [-0.15, -0.1) is 0 Å². The maximum atomic E-state index is 10.7. The van der Waals surface area contributed by atoms with Crippen molar-refractivity contribution in [1.82, 2.24) is 10.2 Å². The zero-order valence-electron chi connectivity index (χ0n) is 6.97. The third kappa shape index (κ3) is 1.18. The average molecular weight is 239 g/mol. The average Bonchev–Trinajstić information content (AvgIpc) is 2.50. The molecule has 0 saturated carbocycles. The normalized spacial score (nSPS) is 10.6. The molecule has 0 fully saturated rings. The summed E-state index contributed by atoms with van der Waals surface area (Å²) in [4.78, 5) is 10.7. The van der Waals surface area contributed by atoms with Gasteiger partial charge in [0, 0.05) is 21.1 Å². The van der Waals surface area contributed by atoms with Crippen molar-refractivity contribution in [2.24, 2.45) is 0 Å². The second-order valence-corrected chi connectivity index (χ2v) is 3.68. The third-order valence-corrected chi connectivity index (χ3v) is 2.66. The predicted molar refractivity (Wildman–Crippen MR) is 53.9 cm³/mol. The predicted octanol–water partition coefficient (Wildman–Crippen LogP) is 2.45. The Morgan fingerprint density at radius 3 is 3.00 bits per heavy atom. The maximum absolute atomic E-state index is 10.7. The highest BCUT2D eigenvalue weighted by atomic mass is 79.9. The fourth-order valence-electron chi connectivity index (χ4n) is 1.35. The Bertz CT molecular complexity index is 476. The van der Waals surface area contributed by atoms with Gasteiger partial charge in [0.1, 0.15) is 5.52 Å². The first-order valence-electron chi connectivity index (χ1n) is 3.82. The molecular weight excluding hydrogens is 232 g/mol. The van der Waals surface area contributed by atoms with E-state index in [9.17, 15) is 4.79 Å². The number of benzene rings is 1. The van der Waals surface area contributed by atoms with Crippen LogP contribution in [0.1, 0.15) is 16.1 Å². The highest BCUT2D eigenvalue weighted by Crippen LogP contribution is 2.26. The standard InChI is InChI=1S/C9H7BrN2O/c1-5-8-7(10)3-2-6(4-13)9(8)12-11-5/h2-4H,1H3,(H,11,12). The van der Waals surface area contributed by atoms with E-state index in [2.05, 4.69) is 26.1 Å². The quantitative estimate of drug-likeness (QED) is 0.777. The van der Waals surface area contributed by atoms with E-state index in [0.29, 0.717) is 5.56 Å². The van der Waals surface area contributed by atoms with Crippen molar-refractivity contribution in [2.45, 2.75) is 6.92 Å². The van der Waals surface area contributed by atoms with E-state index in [1.807, 2.05) is 13.0 Å². The summed E-state index contributed by atoms with van der Waals surface area (Å²) in [5.74, 6) is 0. The molecule has 66 valence electrons. The highest BCUT2D eigenvalue weighted by Gasteiger charge is 2.08. The number of aryl methyl sites for hydroxylation is 1. The van der Waals surface area contributed by atoms with E-state index in [4.69, 9.17) is 0 Å². The molecule has 1 aromatic heterocycles. The number of nitrogens with one attached hydrogen (secondary N) is 1. The van der Waals surface area contributed by atoms with Crippen LogP contribution in [0.25, 0.3) is 10.9 Å². The van der Waals surface area contributed by atoms with E-state index in [1.165, 1.54) is 0 Å². The first-order chi connectivity index (χ1) is 6.24. The van der Waals surface area contributed by atoms with Crippen molar-refractivity contribution in [3.05, 3.63) is 27.9 Å². The minimum atomic E-state index is 0.613. The second kappa shape index (κ2) is 2.96. The Morgan fingerprint density at radius 1 is 1.54 bits per heavy atom. The van der Waals surface area contributed by atoms with Gasteiger partial charge in [-0.05, 0) is 19.1 Å². The van der Waals surface area contributed by atoms with Gasteiger partial charge in [-0.3, -0.25) is 9.89 Å². The van der Waals surface area contributed by atoms with Crippen molar-refractivity contribution in [3.8, 4) is 0 Å². The molecule has 0 amide bonds. The van der Waals surface area contributed by atoms with Gasteiger partial charge in [0.15, 0.2) is 6.29 Å². The smallest absolute Gasteiger partial charge is 0.152 e. The first kappa shape index (κ1) is 8.44. The zero-order valence-corrected chi connectivity index (χ0v) is 8.55. The Morgan fingerprint density at radius 2 is 2.31 bits per heavy atom. The van der Waals surface area contributed by atoms with Gasteiger partial charge >= 0.3 is 0 Å². The van der Waals surface area contributed by atoms with Crippen LogP contribution < -0.4 is 0 Å². The molecule has 0 spiro atoms. The lowest BCUT2D eigenvalue weighted by molar-refractivity contribution is 0.112. The SMILES string of the molecule is Cc1[nH]nc2c(C=O)ccc(Br)c12. The molecule has 0 radical (unpaired) electrons. The molecule has 0 unspecified atom stereocenters. The minimum Gasteiger partial charge on any atom is -0.298 e. The third-order valence-electron chi connectivity index (χ3n) is 2.00. The van der Waals surface area contributed by atoms with E-state index in [0.717, 1.165) is 27.4 Å². The maximum Gasteiger partial charge on any atom is 0.152 e. The summed E-state index contributed by atoms with van der Waals surface area (Å²) in [6.07, 6.45) is 0.815. The fraction of sp³-hybridized carbons (Fsp3) is 0.111. The van der Waals surface area contributed by atoms with Gasteiger partial charge in [0.25, 0.3) is 0 Å². The summed E-state index contributed by atoms with van der Waals surface area (Å²) >= 11 is 3.41. The van der Waals surface area contributed by atoms with E-state index < -0.39 is 0 Å². The Hall–Kier alpha value is -1.16. The summed E-state index contributed by atoms with van der Waals surface area (Å²) < 4.78 is 0.958. The Labute approximate surface area is 83.3 Å². The van der Waals surface area contributed by atoms with Crippen molar-refractivity contribution < 1.29 is 4.79 Å². The van der Waals surface area contributed by atoms with Crippen LogP contribution in [-0.2, 0) is 0 Å². The van der Waals surface area contributed by atoms with Gasteiger partial charge in [0.2, 0.25) is 0 Å². The van der Waals surface area contributed by atoms with Crippen LogP contribution in [0.3, 0.4) is 0 Å². The molecule has 1 heterocycles. The molecule has 1 aromatic carbocycles. The summed E-state index contributed by atoms with van der Waals surface area (Å²) in [5.41, 5.74) is 2.30. The molecule has 4 heteroatoms. The highest BCUT2D eigenvalue weighted by molar-refractivity contribution is 9.10. The molecule has 13 heavy (non-hydrogen) atoms. The van der Waals surface area contributed by atoms with Gasteiger partial charge in [-0.1, -0.05) is 15.9 Å². The van der Waals surface area contributed by atoms with Crippen LogP contribution >= 0.6 is 15.9 Å². The summed E-state index contributed by atoms with van der Waals surface area (Å²) in [7, 11) is 0. The summed E-state index contributed by atoms with van der Waals surface area (Å²) in [6, 6.07) is 3.61. The molecule has 0 aliphatic carbocycles. The van der Waals surface area contributed by atoms with Gasteiger partial charge in [-0.25, -0.2) is 0 Å². The zero-order chi connectivity index (χ0) is 9.42. The largest absolute Gasteiger partial charge is 0.298 e. The number of hydrogen-bond donors (Lipinski definition) is 1. The van der Waals surface area contributed by atoms with Crippen molar-refractivity contribution in [1.29, 1.82) is 0 Å². The molecule has 0 aliphatic heterocycles. The number of hydrogen-bond acceptors (Lipinski definition) is 2. The number of H-pyrrole nitrogens is 1. The number of carbonyl (C=O) groups excluding carboxylic acids is 1. The number of nitrogens with zero attached hydrogens (tertiary/aromatic N) is 1. The van der Waals surface area contributed by atoms with Crippen LogP contribution in [0, 0.1) is 6.92 Å². The monoisotopic (exact) mass is 238 g/mol. The van der Waals surface area contributed by atoms with Crippen LogP contribution in [0.15, 0.2) is 16.6 Å². The number of carbonyl (C=O) groups is 1. The van der Waals surface area contributed by atoms with E-state index in [1.54, 1.807) is 6.07 Å². The van der Waals surface area contributed by atoms with Crippen LogP contribution in [0.4, 0.5) is 0 Å². The lowest BCUT2D eigenvalue weighted by Gasteiger charge is -1.96. The number of aromatic amines is 1. The Balaban J connectivity index is 2.95. The van der Waals surface area contributed by atoms with Crippen LogP contribution in [0.2, 0.25) is 0 Å². The van der Waals surface area contributed by atoms with Gasteiger partial charge < -0.3 is 0 Å². The molecule has 3 nitrogen and oxygen atoms in total. The molecule has 2 aromatic rings. The van der Waals surface area contributed by atoms with Gasteiger partial charge in [-0.2, -0.15) is 5.10 Å². The molecule has 0 atom stereocenters. The lowest BCUT2D eigenvalue weighted by atomic mass is 10.1. The number of aromatic nitrogens is 2. The van der Waals surface area contributed by atoms with Crippen molar-refractivity contribution in [3.63, 3.8) is 0 Å². The van der Waals surface area contributed by atoms with E-state index in [-0.39, 0.29) is 0 Å². The second-order valence-electron chi connectivity index (χ2n) is 2.83. The number of halogens is 1. The van der Waals surface area contributed by atoms with Crippen molar-refractivity contribution in [2.75, 3.05) is 0 Å². The van der Waals surface area contributed by atoms with Gasteiger partial charge in [0.05, 0.1) is 0 Å². The summed E-state index contributed by atoms with van der Waals surface area (Å²) in [5, 5.41) is 7.89. The summed E-state index contributed by atoms with van der Waals surface area (Å²) in [6.45, 7) is 1.93. The van der Waals surface area contributed by atoms with Crippen LogP contribution in [0.5, 0.6) is 0 Å². The number of fused-ring (bicyclic) bond motifs is 1. The lowest BCUT2D eigenvalue weighted by Crippen LogP contribution is -1.82. The molecule has 1 N–H and O–H groups in total. The molecule has 0 aliphatic rings. The Kier molecular flexibility index (Phi) is 1.92. The molecule has 0 bridgehead atoms. The number of aldehydes is 1. The molecule has 2 rings (SSSR count). The van der Waals surface area contributed by atoms with Crippen molar-refractivity contribution >= 4 is 33.1 Å². The van der Waals surface area contributed by atoms with Crippen LogP contribution in [-0.4, -0.2) is 16.5 Å². The molecule has 0 saturated heterocycles. The molecular formula is C9H7BrN2O. The topological polar surface area (TPSA) is 45.8 Å². The number of rotatable bonds is 1.